The van der Waals surface area contributed by atoms with Crippen LogP contribution in [-0.2, 0) is 0 Å². The predicted molar refractivity (Wildman–Crippen MR) is 65.8 cm³/mol. The highest BCUT2D eigenvalue weighted by Gasteiger charge is 2.43. The Kier molecular flexibility index (Phi) is 3.21. The smallest absolute Gasteiger partial charge is 0.267 e. The minimum Gasteiger partial charge on any atom is -0.311 e. The SMILES string of the molecule is Cc1cc(C)c(C2CCNCC2(F)F)c(C)c1. The first kappa shape index (κ1) is 12.5. The standard InChI is InChI=1S/C14H19F2N/c1-9-6-10(2)13(11(3)7-9)12-4-5-17-8-14(12,15)16/h6-7,12,17H,4-5,8H2,1-3H3. The summed E-state index contributed by atoms with van der Waals surface area (Å²) >= 11 is 0. The summed E-state index contributed by atoms with van der Waals surface area (Å²) in [6, 6.07) is 4.00. The molecule has 1 fully saturated rings. The van der Waals surface area contributed by atoms with E-state index in [-0.39, 0.29) is 6.54 Å². The second-order valence-electron chi connectivity index (χ2n) is 5.09. The van der Waals surface area contributed by atoms with E-state index in [0.717, 1.165) is 22.3 Å². The molecule has 0 radical (unpaired) electrons. The third-order valence-electron chi connectivity index (χ3n) is 3.57. The maximum atomic E-state index is 14.0. The van der Waals surface area contributed by atoms with Crippen molar-refractivity contribution in [3.8, 4) is 0 Å². The van der Waals surface area contributed by atoms with Crippen LogP contribution in [0.25, 0.3) is 0 Å². The zero-order valence-corrected chi connectivity index (χ0v) is 10.6. The quantitative estimate of drug-likeness (QED) is 0.792. The Bertz CT molecular complexity index is 403. The van der Waals surface area contributed by atoms with Gasteiger partial charge in [0, 0.05) is 0 Å². The maximum absolute atomic E-state index is 14.0. The van der Waals surface area contributed by atoms with Gasteiger partial charge in [0.1, 0.15) is 0 Å². The van der Waals surface area contributed by atoms with Crippen molar-refractivity contribution in [2.24, 2.45) is 0 Å². The van der Waals surface area contributed by atoms with Gasteiger partial charge in [-0.1, -0.05) is 17.7 Å². The molecule has 1 aromatic carbocycles. The van der Waals surface area contributed by atoms with E-state index in [0.29, 0.717) is 13.0 Å². The molecule has 0 bridgehead atoms. The van der Waals surface area contributed by atoms with Crippen LogP contribution in [-0.4, -0.2) is 19.0 Å². The second kappa shape index (κ2) is 4.37. The van der Waals surface area contributed by atoms with Crippen LogP contribution < -0.4 is 5.32 Å². The molecule has 3 heteroatoms. The minimum absolute atomic E-state index is 0.204. The largest absolute Gasteiger partial charge is 0.311 e. The van der Waals surface area contributed by atoms with Crippen LogP contribution >= 0.6 is 0 Å². The molecule has 1 atom stereocenters. The van der Waals surface area contributed by atoms with Gasteiger partial charge in [-0.25, -0.2) is 8.78 Å². The Labute approximate surface area is 101 Å². The van der Waals surface area contributed by atoms with E-state index >= 15 is 0 Å². The summed E-state index contributed by atoms with van der Waals surface area (Å²) in [6.07, 6.45) is 0.512. The van der Waals surface area contributed by atoms with Crippen LogP contribution in [0, 0.1) is 20.8 Å². The van der Waals surface area contributed by atoms with Crippen molar-refractivity contribution in [2.45, 2.75) is 39.0 Å². The number of nitrogens with one attached hydrogen (secondary N) is 1. The summed E-state index contributed by atoms with van der Waals surface area (Å²) < 4.78 is 27.9. The molecule has 1 nitrogen and oxygen atoms in total. The minimum atomic E-state index is -2.64. The van der Waals surface area contributed by atoms with Gasteiger partial charge < -0.3 is 5.32 Å². The molecule has 0 aromatic heterocycles. The van der Waals surface area contributed by atoms with Crippen LogP contribution in [0.1, 0.15) is 34.6 Å². The summed E-state index contributed by atoms with van der Waals surface area (Å²) in [5, 5.41) is 2.78. The van der Waals surface area contributed by atoms with Gasteiger partial charge in [0.15, 0.2) is 0 Å². The summed E-state index contributed by atoms with van der Waals surface area (Å²) in [5.74, 6) is -3.27. The van der Waals surface area contributed by atoms with Gasteiger partial charge in [0.05, 0.1) is 12.5 Å². The monoisotopic (exact) mass is 239 g/mol. The first-order valence-corrected chi connectivity index (χ1v) is 6.08. The van der Waals surface area contributed by atoms with Crippen LogP contribution in [0.4, 0.5) is 8.78 Å². The number of alkyl halides is 2. The molecule has 0 spiro atoms. The lowest BCUT2D eigenvalue weighted by atomic mass is 9.81. The maximum Gasteiger partial charge on any atom is 0.267 e. The third-order valence-corrected chi connectivity index (χ3v) is 3.57. The lowest BCUT2D eigenvalue weighted by Crippen LogP contribution is -2.45. The predicted octanol–water partition coefficient (Wildman–Crippen LogP) is 3.32. The lowest BCUT2D eigenvalue weighted by molar-refractivity contribution is -0.0423. The fraction of sp³-hybridized carbons (Fsp3) is 0.571. The number of halogens is 2. The fourth-order valence-electron chi connectivity index (χ4n) is 2.93. The van der Waals surface area contributed by atoms with E-state index in [4.69, 9.17) is 0 Å². The van der Waals surface area contributed by atoms with Crippen LogP contribution in [0.5, 0.6) is 0 Å². The summed E-state index contributed by atoms with van der Waals surface area (Å²) in [4.78, 5) is 0. The molecule has 1 heterocycles. The number of benzene rings is 1. The van der Waals surface area contributed by atoms with Crippen LogP contribution in [0.3, 0.4) is 0 Å². The van der Waals surface area contributed by atoms with Gasteiger partial charge in [0.2, 0.25) is 0 Å². The van der Waals surface area contributed by atoms with Crippen molar-refractivity contribution in [1.82, 2.24) is 5.32 Å². The van der Waals surface area contributed by atoms with Crippen LogP contribution in [0.2, 0.25) is 0 Å². The van der Waals surface area contributed by atoms with E-state index in [9.17, 15) is 8.78 Å². The van der Waals surface area contributed by atoms with Gasteiger partial charge in [-0.3, -0.25) is 0 Å². The van der Waals surface area contributed by atoms with E-state index in [1.807, 2.05) is 32.9 Å². The number of rotatable bonds is 1. The van der Waals surface area contributed by atoms with Gasteiger partial charge >= 0.3 is 0 Å². The highest BCUT2D eigenvalue weighted by molar-refractivity contribution is 5.41. The number of hydrogen-bond donors (Lipinski definition) is 1. The van der Waals surface area contributed by atoms with Gasteiger partial charge in [-0.15, -0.1) is 0 Å². The highest BCUT2D eigenvalue weighted by atomic mass is 19.3. The van der Waals surface area contributed by atoms with E-state index in [1.165, 1.54) is 0 Å². The summed E-state index contributed by atoms with van der Waals surface area (Å²) in [5.41, 5.74) is 3.98. The molecule has 0 saturated carbocycles. The first-order chi connectivity index (χ1) is 7.92. The normalized spacial score (nSPS) is 23.7. The molecule has 1 aliphatic heterocycles. The molecule has 1 N–H and O–H groups in total. The fourth-order valence-corrected chi connectivity index (χ4v) is 2.93. The summed E-state index contributed by atoms with van der Waals surface area (Å²) in [6.45, 7) is 6.35. The number of aryl methyl sites for hydroxylation is 3. The molecule has 1 unspecified atom stereocenters. The van der Waals surface area contributed by atoms with Gasteiger partial charge in [0.25, 0.3) is 5.92 Å². The van der Waals surface area contributed by atoms with E-state index in [1.54, 1.807) is 0 Å². The first-order valence-electron chi connectivity index (χ1n) is 6.08. The average Bonchev–Trinajstić information content (AvgIpc) is 2.18. The third kappa shape index (κ3) is 2.34. The van der Waals surface area contributed by atoms with E-state index < -0.39 is 11.8 Å². The van der Waals surface area contributed by atoms with E-state index in [2.05, 4.69) is 5.32 Å². The molecular weight excluding hydrogens is 220 g/mol. The number of hydrogen-bond acceptors (Lipinski definition) is 1. The van der Waals surface area contributed by atoms with Crippen molar-refractivity contribution in [1.29, 1.82) is 0 Å². The Hall–Kier alpha value is -0.960. The molecule has 1 aliphatic rings. The van der Waals surface area contributed by atoms with Crippen LogP contribution in [0.15, 0.2) is 12.1 Å². The summed E-state index contributed by atoms with van der Waals surface area (Å²) in [7, 11) is 0. The molecule has 94 valence electrons. The molecule has 17 heavy (non-hydrogen) atoms. The average molecular weight is 239 g/mol. The molecule has 1 saturated heterocycles. The van der Waals surface area contributed by atoms with Crippen molar-refractivity contribution >= 4 is 0 Å². The topological polar surface area (TPSA) is 12.0 Å². The molecule has 0 aliphatic carbocycles. The Morgan fingerprint density at radius 2 is 1.76 bits per heavy atom. The molecule has 2 rings (SSSR count). The van der Waals surface area contributed by atoms with Crippen molar-refractivity contribution in [3.05, 3.63) is 34.4 Å². The van der Waals surface area contributed by atoms with Crippen molar-refractivity contribution < 1.29 is 8.78 Å². The molecular formula is C14H19F2N. The van der Waals surface area contributed by atoms with Crippen molar-refractivity contribution in [2.75, 3.05) is 13.1 Å². The lowest BCUT2D eigenvalue weighted by Gasteiger charge is -2.34. The molecule has 0 amide bonds. The van der Waals surface area contributed by atoms with Gasteiger partial charge in [-0.05, 0) is 50.4 Å². The zero-order valence-electron chi connectivity index (χ0n) is 10.6. The Morgan fingerprint density at radius 1 is 1.18 bits per heavy atom. The Balaban J connectivity index is 2.45. The van der Waals surface area contributed by atoms with Crippen molar-refractivity contribution in [3.63, 3.8) is 0 Å². The van der Waals surface area contributed by atoms with Gasteiger partial charge in [-0.2, -0.15) is 0 Å². The second-order valence-corrected chi connectivity index (χ2v) is 5.09. The number of piperidine rings is 1. The highest BCUT2D eigenvalue weighted by Crippen LogP contribution is 2.40. The Morgan fingerprint density at radius 3 is 2.29 bits per heavy atom. The molecule has 1 aromatic rings. The zero-order chi connectivity index (χ0) is 12.6.